The molecule has 0 atom stereocenters. The molecule has 0 saturated heterocycles. The Bertz CT molecular complexity index is 596. The van der Waals surface area contributed by atoms with Gasteiger partial charge in [-0.05, 0) is 23.8 Å². The largest absolute Gasteiger partial charge is 0.417 e. The van der Waals surface area contributed by atoms with Crippen LogP contribution in [0, 0.1) is 11.6 Å². The van der Waals surface area contributed by atoms with Gasteiger partial charge in [-0.3, -0.25) is 0 Å². The van der Waals surface area contributed by atoms with Crippen LogP contribution >= 0.6 is 11.6 Å². The summed E-state index contributed by atoms with van der Waals surface area (Å²) < 4.78 is 65.8. The first-order valence-corrected chi connectivity index (χ1v) is 5.49. The van der Waals surface area contributed by atoms with Crippen molar-refractivity contribution in [1.29, 1.82) is 0 Å². The number of hydrogen-bond acceptors (Lipinski definition) is 0. The van der Waals surface area contributed by atoms with E-state index >= 15 is 0 Å². The highest BCUT2D eigenvalue weighted by Gasteiger charge is 2.34. The Hall–Kier alpha value is -1.62. The second-order valence-electron chi connectivity index (χ2n) is 3.79. The lowest BCUT2D eigenvalue weighted by molar-refractivity contribution is -0.137. The summed E-state index contributed by atoms with van der Waals surface area (Å²) in [5.74, 6) is -2.27. The molecule has 0 nitrogen and oxygen atoms in total. The van der Waals surface area contributed by atoms with E-state index in [4.69, 9.17) is 11.6 Å². The average molecular weight is 293 g/mol. The number of halogens is 6. The van der Waals surface area contributed by atoms with Crippen LogP contribution in [-0.2, 0) is 6.18 Å². The van der Waals surface area contributed by atoms with E-state index in [2.05, 4.69) is 0 Å². The third-order valence-electron chi connectivity index (χ3n) is 2.51. The molecule has 0 aliphatic carbocycles. The topological polar surface area (TPSA) is 0 Å². The molecule has 6 heteroatoms. The lowest BCUT2D eigenvalue weighted by atomic mass is 9.98. The van der Waals surface area contributed by atoms with E-state index in [1.807, 2.05) is 0 Å². The zero-order valence-electron chi connectivity index (χ0n) is 9.23. The summed E-state index contributed by atoms with van der Waals surface area (Å²) in [6.07, 6.45) is -4.70. The van der Waals surface area contributed by atoms with Gasteiger partial charge < -0.3 is 0 Å². The van der Waals surface area contributed by atoms with Gasteiger partial charge in [-0.15, -0.1) is 0 Å². The molecular formula is C13H6ClF5. The molecule has 0 bridgehead atoms. The van der Waals surface area contributed by atoms with Gasteiger partial charge in [-0.1, -0.05) is 29.8 Å². The summed E-state index contributed by atoms with van der Waals surface area (Å²) in [7, 11) is 0. The van der Waals surface area contributed by atoms with Gasteiger partial charge in [-0.2, -0.15) is 13.2 Å². The van der Waals surface area contributed by atoms with Gasteiger partial charge in [0, 0.05) is 5.02 Å². The minimum Gasteiger partial charge on any atom is -0.206 e. The van der Waals surface area contributed by atoms with Crippen LogP contribution in [0.5, 0.6) is 0 Å². The summed E-state index contributed by atoms with van der Waals surface area (Å²) in [4.78, 5) is 0. The van der Waals surface area contributed by atoms with Crippen LogP contribution in [0.25, 0.3) is 11.1 Å². The van der Waals surface area contributed by atoms with Gasteiger partial charge in [0.1, 0.15) is 11.6 Å². The highest BCUT2D eigenvalue weighted by Crippen LogP contribution is 2.39. The third-order valence-corrected chi connectivity index (χ3v) is 2.73. The van der Waals surface area contributed by atoms with Crippen molar-refractivity contribution >= 4 is 11.6 Å². The fourth-order valence-corrected chi connectivity index (χ4v) is 1.94. The van der Waals surface area contributed by atoms with Crippen LogP contribution in [0.15, 0.2) is 36.4 Å². The van der Waals surface area contributed by atoms with Gasteiger partial charge >= 0.3 is 6.18 Å². The van der Waals surface area contributed by atoms with E-state index in [0.717, 1.165) is 30.3 Å². The molecule has 0 N–H and O–H groups in total. The van der Waals surface area contributed by atoms with E-state index in [1.165, 1.54) is 6.07 Å². The first-order chi connectivity index (χ1) is 8.80. The summed E-state index contributed by atoms with van der Waals surface area (Å²) in [5, 5.41) is -0.219. The Morgan fingerprint density at radius 1 is 0.895 bits per heavy atom. The van der Waals surface area contributed by atoms with Crippen LogP contribution in [0.3, 0.4) is 0 Å². The van der Waals surface area contributed by atoms with Crippen LogP contribution in [0.1, 0.15) is 5.56 Å². The minimum atomic E-state index is -4.70. The first kappa shape index (κ1) is 13.8. The Kier molecular flexibility index (Phi) is 3.49. The zero-order valence-corrected chi connectivity index (χ0v) is 9.99. The quantitative estimate of drug-likeness (QED) is 0.625. The van der Waals surface area contributed by atoms with Crippen molar-refractivity contribution in [2.75, 3.05) is 0 Å². The van der Waals surface area contributed by atoms with Gasteiger partial charge in [0.15, 0.2) is 0 Å². The van der Waals surface area contributed by atoms with E-state index in [0.29, 0.717) is 0 Å². The van der Waals surface area contributed by atoms with Gasteiger partial charge in [0.2, 0.25) is 0 Å². The molecular weight excluding hydrogens is 287 g/mol. The monoisotopic (exact) mass is 292 g/mol. The Balaban J connectivity index is 2.74. The molecule has 0 aliphatic heterocycles. The molecule has 100 valence electrons. The van der Waals surface area contributed by atoms with Gasteiger partial charge in [-0.25, -0.2) is 8.78 Å². The van der Waals surface area contributed by atoms with Crippen LogP contribution < -0.4 is 0 Å². The lowest BCUT2D eigenvalue weighted by Crippen LogP contribution is -2.08. The molecule has 0 heterocycles. The SMILES string of the molecule is Fc1cc(Cl)cc(F)c1-c1ccccc1C(F)(F)F. The highest BCUT2D eigenvalue weighted by atomic mass is 35.5. The van der Waals surface area contributed by atoms with Crippen molar-refractivity contribution in [3.05, 3.63) is 58.6 Å². The molecule has 2 rings (SSSR count). The average Bonchev–Trinajstić information content (AvgIpc) is 2.26. The summed E-state index contributed by atoms with van der Waals surface area (Å²) in [6.45, 7) is 0. The van der Waals surface area contributed by atoms with Crippen molar-refractivity contribution in [2.45, 2.75) is 6.18 Å². The molecule has 2 aromatic carbocycles. The van der Waals surface area contributed by atoms with Gasteiger partial charge in [0.05, 0.1) is 11.1 Å². The predicted molar refractivity (Wildman–Crippen MR) is 61.8 cm³/mol. The number of hydrogen-bond donors (Lipinski definition) is 0. The second kappa shape index (κ2) is 4.81. The Morgan fingerprint density at radius 2 is 1.42 bits per heavy atom. The molecule has 0 saturated carbocycles. The fourth-order valence-electron chi connectivity index (χ4n) is 1.75. The fraction of sp³-hybridized carbons (Fsp3) is 0.0769. The first-order valence-electron chi connectivity index (χ1n) is 5.12. The molecule has 0 radical (unpaired) electrons. The van der Waals surface area contributed by atoms with E-state index in [-0.39, 0.29) is 5.02 Å². The highest BCUT2D eigenvalue weighted by molar-refractivity contribution is 6.30. The van der Waals surface area contributed by atoms with Crippen molar-refractivity contribution in [1.82, 2.24) is 0 Å². The van der Waals surface area contributed by atoms with E-state index in [1.54, 1.807) is 0 Å². The molecule has 0 unspecified atom stereocenters. The molecule has 0 aliphatic rings. The predicted octanol–water partition coefficient (Wildman–Crippen LogP) is 5.30. The summed E-state index contributed by atoms with van der Waals surface area (Å²) in [5.41, 5.74) is -2.39. The summed E-state index contributed by atoms with van der Waals surface area (Å²) >= 11 is 5.44. The van der Waals surface area contributed by atoms with Crippen LogP contribution in [0.4, 0.5) is 22.0 Å². The van der Waals surface area contributed by atoms with Crippen molar-refractivity contribution < 1.29 is 22.0 Å². The van der Waals surface area contributed by atoms with E-state index in [9.17, 15) is 22.0 Å². The maximum Gasteiger partial charge on any atom is 0.417 e. The van der Waals surface area contributed by atoms with Crippen LogP contribution in [0.2, 0.25) is 5.02 Å². The molecule has 0 spiro atoms. The smallest absolute Gasteiger partial charge is 0.206 e. The molecule has 0 amide bonds. The number of alkyl halides is 3. The van der Waals surface area contributed by atoms with Crippen LogP contribution in [-0.4, -0.2) is 0 Å². The standard InChI is InChI=1S/C13H6ClF5/c14-7-5-10(15)12(11(16)6-7)8-3-1-2-4-9(8)13(17,18)19/h1-6H. The molecule has 2 aromatic rings. The maximum absolute atomic E-state index is 13.7. The molecule has 0 aromatic heterocycles. The maximum atomic E-state index is 13.7. The number of rotatable bonds is 1. The number of benzene rings is 2. The van der Waals surface area contributed by atoms with Gasteiger partial charge in [0.25, 0.3) is 0 Å². The third kappa shape index (κ3) is 2.71. The Labute approximate surface area is 110 Å². The van der Waals surface area contributed by atoms with Crippen molar-refractivity contribution in [3.8, 4) is 11.1 Å². The summed E-state index contributed by atoms with van der Waals surface area (Å²) in [6, 6.07) is 5.75. The molecule has 19 heavy (non-hydrogen) atoms. The van der Waals surface area contributed by atoms with Crippen molar-refractivity contribution in [2.24, 2.45) is 0 Å². The second-order valence-corrected chi connectivity index (χ2v) is 4.22. The Morgan fingerprint density at radius 3 is 1.95 bits per heavy atom. The lowest BCUT2D eigenvalue weighted by Gasteiger charge is -2.14. The van der Waals surface area contributed by atoms with Crippen molar-refractivity contribution in [3.63, 3.8) is 0 Å². The molecule has 0 fully saturated rings. The minimum absolute atomic E-state index is 0.219. The normalized spacial score (nSPS) is 11.7. The zero-order chi connectivity index (χ0) is 14.2. The van der Waals surface area contributed by atoms with E-state index < -0.39 is 34.5 Å².